The minimum Gasteiger partial charge on any atom is -0.309 e. The molecule has 51 heavy (non-hydrogen) atoms. The fourth-order valence-electron chi connectivity index (χ4n) is 10.9. The Bertz CT molecular complexity index is 2390. The molecular formula is C49H51N2+. The third-order valence-electron chi connectivity index (χ3n) is 13.8. The quantitative estimate of drug-likeness (QED) is 0.166. The van der Waals surface area contributed by atoms with Crippen LogP contribution in [0.4, 0.5) is 17.1 Å². The minimum absolute atomic E-state index is 0.000435. The van der Waals surface area contributed by atoms with E-state index in [1.165, 1.54) is 78.0 Å². The van der Waals surface area contributed by atoms with Crippen LogP contribution in [0.5, 0.6) is 0 Å². The van der Waals surface area contributed by atoms with Crippen LogP contribution in [-0.2, 0) is 21.8 Å². The molecule has 0 spiro atoms. The monoisotopic (exact) mass is 667 g/mol. The van der Waals surface area contributed by atoms with E-state index in [-0.39, 0.29) is 21.8 Å². The van der Waals surface area contributed by atoms with Crippen LogP contribution >= 0.6 is 0 Å². The van der Waals surface area contributed by atoms with Crippen molar-refractivity contribution in [1.29, 1.82) is 0 Å². The zero-order valence-electron chi connectivity index (χ0n) is 31.7. The summed E-state index contributed by atoms with van der Waals surface area (Å²) < 4.78 is 2.70. The van der Waals surface area contributed by atoms with E-state index in [0.29, 0.717) is 0 Å². The van der Waals surface area contributed by atoms with E-state index in [9.17, 15) is 0 Å². The molecule has 2 nitrogen and oxygen atoms in total. The summed E-state index contributed by atoms with van der Waals surface area (Å²) in [6.07, 6.45) is 6.91. The number of benzene rings is 5. The fraction of sp³-hybridized carbons (Fsp3) is 0.327. The van der Waals surface area contributed by atoms with Gasteiger partial charge < -0.3 is 4.90 Å². The number of fused-ring (bicyclic) bond motifs is 9. The second-order valence-corrected chi connectivity index (χ2v) is 16.7. The van der Waals surface area contributed by atoms with E-state index in [0.717, 1.165) is 25.7 Å². The lowest BCUT2D eigenvalue weighted by Gasteiger charge is -2.49. The van der Waals surface area contributed by atoms with Gasteiger partial charge in [-0.3, -0.25) is 0 Å². The van der Waals surface area contributed by atoms with Crippen LogP contribution in [0, 0.1) is 0 Å². The highest BCUT2D eigenvalue weighted by Crippen LogP contribution is 2.60. The molecule has 1 aromatic heterocycles. The van der Waals surface area contributed by atoms with Gasteiger partial charge in [0.05, 0.1) is 33.4 Å². The molecule has 3 aliphatic rings. The van der Waals surface area contributed by atoms with Crippen LogP contribution in [0.25, 0.3) is 33.2 Å². The van der Waals surface area contributed by atoms with Crippen LogP contribution in [0.2, 0.25) is 0 Å². The number of hydrogen-bond acceptors (Lipinski definition) is 1. The molecule has 3 aliphatic heterocycles. The molecule has 0 fully saturated rings. The van der Waals surface area contributed by atoms with Gasteiger partial charge in [-0.15, -0.1) is 0 Å². The van der Waals surface area contributed by atoms with Crippen molar-refractivity contribution in [3.8, 4) is 22.4 Å². The van der Waals surface area contributed by atoms with Gasteiger partial charge in [-0.1, -0.05) is 121 Å². The van der Waals surface area contributed by atoms with Gasteiger partial charge in [0, 0.05) is 29.7 Å². The fourth-order valence-corrected chi connectivity index (χ4v) is 10.9. The van der Waals surface area contributed by atoms with E-state index in [2.05, 4.69) is 180 Å². The van der Waals surface area contributed by atoms with Crippen LogP contribution in [0.3, 0.4) is 0 Å². The van der Waals surface area contributed by atoms with Crippen molar-refractivity contribution in [3.63, 3.8) is 0 Å². The standard InChI is InChI=1S/C49H51N2/c1-9-28-49(11-3)48(8,10-2)37-25-23-33(30-36(37)44-35-18-13-12-17-32(35)27-29-50(44)49)34-24-26-43-41(31-34)47(6,7)40-21-16-20-39-45(40)51(43)42-22-15-14-19-38(42)46(39,4)5/h12-27,29-31H,9-11,28H2,1-8H3/q+1. The Kier molecular flexibility index (Phi) is 6.89. The average Bonchev–Trinajstić information content (AvgIpc) is 3.15. The van der Waals surface area contributed by atoms with Gasteiger partial charge in [0.2, 0.25) is 5.69 Å². The number of hydrogen-bond donors (Lipinski definition) is 0. The Hall–Kier alpha value is -4.69. The molecule has 0 saturated carbocycles. The summed E-state index contributed by atoms with van der Waals surface area (Å²) >= 11 is 0. The molecule has 9 rings (SSSR count). The first-order valence-corrected chi connectivity index (χ1v) is 19.3. The maximum absolute atomic E-state index is 2.70. The lowest BCUT2D eigenvalue weighted by molar-refractivity contribution is -0.769. The number of rotatable bonds is 5. The van der Waals surface area contributed by atoms with Crippen molar-refractivity contribution in [2.45, 2.75) is 103 Å². The molecular weight excluding hydrogens is 617 g/mol. The van der Waals surface area contributed by atoms with Crippen LogP contribution in [-0.4, -0.2) is 0 Å². The molecule has 2 atom stereocenters. The highest BCUT2D eigenvalue weighted by Gasteiger charge is 2.59. The highest BCUT2D eigenvalue weighted by atomic mass is 15.2. The van der Waals surface area contributed by atoms with E-state index < -0.39 is 0 Å². The third-order valence-corrected chi connectivity index (χ3v) is 13.8. The first-order chi connectivity index (χ1) is 24.5. The zero-order chi connectivity index (χ0) is 35.5. The summed E-state index contributed by atoms with van der Waals surface area (Å²) in [5, 5.41) is 2.65. The lowest BCUT2D eigenvalue weighted by atomic mass is 9.58. The van der Waals surface area contributed by atoms with Gasteiger partial charge in [-0.25, -0.2) is 0 Å². The van der Waals surface area contributed by atoms with Crippen LogP contribution < -0.4 is 9.47 Å². The summed E-state index contributed by atoms with van der Waals surface area (Å²) in [4.78, 5) is 2.56. The van der Waals surface area contributed by atoms with Crippen molar-refractivity contribution in [2.24, 2.45) is 0 Å². The molecule has 0 saturated heterocycles. The molecule has 0 aliphatic carbocycles. The Morgan fingerprint density at radius 3 is 1.96 bits per heavy atom. The Morgan fingerprint density at radius 2 is 1.22 bits per heavy atom. The molecule has 0 radical (unpaired) electrons. The van der Waals surface area contributed by atoms with Gasteiger partial charge in [0.1, 0.15) is 0 Å². The topological polar surface area (TPSA) is 7.12 Å². The second-order valence-electron chi connectivity index (χ2n) is 16.7. The predicted octanol–water partition coefficient (Wildman–Crippen LogP) is 12.8. The van der Waals surface area contributed by atoms with Crippen molar-refractivity contribution >= 4 is 27.8 Å². The molecule has 5 aromatic carbocycles. The number of para-hydroxylation sites is 2. The SMILES string of the molecule is CCCC1(CC)[n+]2ccc3ccccc3c2-c2cc(-c3ccc4c(c3)C(C)(C)c3cccc5c3N4c3ccccc3C5(C)C)ccc2C1(C)CC. The van der Waals surface area contributed by atoms with Crippen molar-refractivity contribution in [1.82, 2.24) is 0 Å². The van der Waals surface area contributed by atoms with Crippen LogP contribution in [0.1, 0.15) is 109 Å². The van der Waals surface area contributed by atoms with E-state index in [4.69, 9.17) is 0 Å². The third kappa shape index (κ3) is 4.03. The molecule has 0 N–H and O–H groups in total. The molecule has 0 bridgehead atoms. The molecule has 0 amide bonds. The zero-order valence-corrected chi connectivity index (χ0v) is 31.7. The predicted molar refractivity (Wildman–Crippen MR) is 215 cm³/mol. The maximum Gasteiger partial charge on any atom is 0.221 e. The average molecular weight is 668 g/mol. The first kappa shape index (κ1) is 32.2. The van der Waals surface area contributed by atoms with E-state index >= 15 is 0 Å². The number of nitrogens with zero attached hydrogens (tertiary/aromatic N) is 2. The highest BCUT2D eigenvalue weighted by molar-refractivity contribution is 5.96. The number of pyridine rings is 1. The second kappa shape index (κ2) is 10.9. The first-order valence-electron chi connectivity index (χ1n) is 19.3. The summed E-state index contributed by atoms with van der Waals surface area (Å²) in [6, 6.07) is 42.1. The summed E-state index contributed by atoms with van der Waals surface area (Å²) in [5.74, 6) is 0. The minimum atomic E-state index is -0.163. The normalized spacial score (nSPS) is 21.7. The van der Waals surface area contributed by atoms with Crippen molar-refractivity contribution in [2.75, 3.05) is 4.90 Å². The largest absolute Gasteiger partial charge is 0.309 e. The molecule has 2 unspecified atom stereocenters. The van der Waals surface area contributed by atoms with Crippen molar-refractivity contribution in [3.05, 3.63) is 143 Å². The number of aromatic nitrogens is 1. The molecule has 256 valence electrons. The maximum atomic E-state index is 2.70. The van der Waals surface area contributed by atoms with Gasteiger partial charge in [-0.2, -0.15) is 4.57 Å². The molecule has 4 heterocycles. The summed E-state index contributed by atoms with van der Waals surface area (Å²) in [7, 11) is 0. The Morgan fingerprint density at radius 1 is 0.569 bits per heavy atom. The Balaban J connectivity index is 1.27. The lowest BCUT2D eigenvalue weighted by Crippen LogP contribution is -2.69. The molecule has 6 aromatic rings. The van der Waals surface area contributed by atoms with Gasteiger partial charge >= 0.3 is 0 Å². The smallest absolute Gasteiger partial charge is 0.221 e. The van der Waals surface area contributed by atoms with Gasteiger partial charge in [0.25, 0.3) is 0 Å². The summed E-state index contributed by atoms with van der Waals surface area (Å²) in [5.41, 5.74) is 16.1. The van der Waals surface area contributed by atoms with Crippen molar-refractivity contribution < 1.29 is 4.57 Å². The van der Waals surface area contributed by atoms with Gasteiger partial charge in [-0.05, 0) is 94.4 Å². The number of anilines is 3. The van der Waals surface area contributed by atoms with E-state index in [1.807, 2.05) is 0 Å². The molecule has 2 heteroatoms. The van der Waals surface area contributed by atoms with Gasteiger partial charge in [0.15, 0.2) is 11.7 Å². The van der Waals surface area contributed by atoms with E-state index in [1.54, 1.807) is 0 Å². The van der Waals surface area contributed by atoms with Crippen LogP contribution in [0.15, 0.2) is 115 Å². The summed E-state index contributed by atoms with van der Waals surface area (Å²) in [6.45, 7) is 19.3. The Labute approximate surface area is 304 Å².